The third-order valence-corrected chi connectivity index (χ3v) is 5.69. The summed E-state index contributed by atoms with van der Waals surface area (Å²) in [5.41, 5.74) is 4.38. The zero-order valence-electron chi connectivity index (χ0n) is 19.0. The van der Waals surface area contributed by atoms with Crippen molar-refractivity contribution in [2.24, 2.45) is 0 Å². The van der Waals surface area contributed by atoms with Gasteiger partial charge in [-0.2, -0.15) is 0 Å². The fraction of sp³-hybridized carbons (Fsp3) is 0.148. The Kier molecular flexibility index (Phi) is 6.52. The van der Waals surface area contributed by atoms with Gasteiger partial charge in [0.25, 0.3) is 11.8 Å². The molecule has 0 bridgehead atoms. The lowest BCUT2D eigenvalue weighted by Crippen LogP contribution is -2.54. The number of hydrogen-bond acceptors (Lipinski definition) is 4. The van der Waals surface area contributed by atoms with E-state index in [0.29, 0.717) is 28.6 Å². The molecule has 0 unspecified atom stereocenters. The maximum absolute atomic E-state index is 13.3. The van der Waals surface area contributed by atoms with Crippen LogP contribution in [0.25, 0.3) is 6.08 Å². The van der Waals surface area contributed by atoms with Gasteiger partial charge in [-0.3, -0.25) is 14.9 Å². The second-order valence-electron chi connectivity index (χ2n) is 8.21. The smallest absolute Gasteiger partial charge is 0.335 e. The molecule has 3 aromatic rings. The van der Waals surface area contributed by atoms with Crippen LogP contribution in [-0.2, 0) is 16.2 Å². The molecule has 3 aromatic carbocycles. The number of carbonyl (C=O) groups excluding carboxylic acids is 3. The van der Waals surface area contributed by atoms with E-state index in [1.807, 2.05) is 50.2 Å². The van der Waals surface area contributed by atoms with Crippen LogP contribution in [0.1, 0.15) is 27.8 Å². The molecule has 34 heavy (non-hydrogen) atoms. The van der Waals surface area contributed by atoms with Crippen molar-refractivity contribution >= 4 is 41.2 Å². The molecule has 0 aliphatic carbocycles. The fourth-order valence-electron chi connectivity index (χ4n) is 3.72. The molecule has 0 saturated carbocycles. The molecular weight excluding hydrogens is 452 g/mol. The van der Waals surface area contributed by atoms with Crippen LogP contribution in [0.4, 0.5) is 10.5 Å². The van der Waals surface area contributed by atoms with E-state index < -0.39 is 17.8 Å². The third-order valence-electron chi connectivity index (χ3n) is 5.46. The van der Waals surface area contributed by atoms with Gasteiger partial charge in [-0.25, -0.2) is 9.69 Å². The number of ether oxygens (including phenoxy) is 1. The summed E-state index contributed by atoms with van der Waals surface area (Å²) in [5.74, 6) is -1.04. The first kappa shape index (κ1) is 23.3. The Morgan fingerprint density at radius 3 is 2.47 bits per heavy atom. The predicted octanol–water partition coefficient (Wildman–Crippen LogP) is 5.51. The van der Waals surface area contributed by atoms with Gasteiger partial charge < -0.3 is 4.74 Å². The van der Waals surface area contributed by atoms with Gasteiger partial charge in [0, 0.05) is 10.6 Å². The summed E-state index contributed by atoms with van der Waals surface area (Å²) >= 11 is 6.20. The van der Waals surface area contributed by atoms with Crippen LogP contribution < -0.4 is 15.0 Å². The number of carbonyl (C=O) groups is 3. The van der Waals surface area contributed by atoms with Crippen LogP contribution >= 0.6 is 11.6 Å². The van der Waals surface area contributed by atoms with E-state index in [-0.39, 0.29) is 5.57 Å². The molecule has 0 spiro atoms. The van der Waals surface area contributed by atoms with E-state index in [9.17, 15) is 14.4 Å². The van der Waals surface area contributed by atoms with Crippen molar-refractivity contribution in [3.05, 3.63) is 99.1 Å². The molecule has 172 valence electrons. The largest absolute Gasteiger partial charge is 0.488 e. The van der Waals surface area contributed by atoms with Gasteiger partial charge in [0.2, 0.25) is 0 Å². The molecule has 6 nitrogen and oxygen atoms in total. The Morgan fingerprint density at radius 2 is 1.71 bits per heavy atom. The SMILES string of the molecule is Cc1cccc(COc2ccc(Cl)cc2/C=C2\C(=O)NC(=O)N(c3cc(C)ccc3C)C2=O)c1. The topological polar surface area (TPSA) is 75.7 Å². The van der Waals surface area contributed by atoms with Crippen LogP contribution in [0, 0.1) is 20.8 Å². The molecule has 1 heterocycles. The number of rotatable bonds is 5. The Labute approximate surface area is 202 Å². The van der Waals surface area contributed by atoms with Gasteiger partial charge in [-0.15, -0.1) is 0 Å². The highest BCUT2D eigenvalue weighted by Crippen LogP contribution is 2.30. The van der Waals surface area contributed by atoms with Gasteiger partial charge in [0.15, 0.2) is 0 Å². The van der Waals surface area contributed by atoms with Crippen molar-refractivity contribution in [1.29, 1.82) is 0 Å². The highest BCUT2D eigenvalue weighted by Gasteiger charge is 2.37. The molecule has 0 aromatic heterocycles. The zero-order valence-corrected chi connectivity index (χ0v) is 19.8. The summed E-state index contributed by atoms with van der Waals surface area (Å²) in [6.07, 6.45) is 1.40. The molecule has 4 amide bonds. The Bertz CT molecular complexity index is 1350. The number of benzene rings is 3. The molecule has 0 radical (unpaired) electrons. The molecule has 1 fully saturated rings. The number of aryl methyl sites for hydroxylation is 3. The lowest BCUT2D eigenvalue weighted by molar-refractivity contribution is -0.122. The molecule has 4 rings (SSSR count). The van der Waals surface area contributed by atoms with E-state index in [0.717, 1.165) is 27.2 Å². The van der Waals surface area contributed by atoms with Crippen LogP contribution in [0.15, 0.2) is 66.2 Å². The first-order chi connectivity index (χ1) is 16.2. The van der Waals surface area contributed by atoms with Crippen molar-refractivity contribution in [3.63, 3.8) is 0 Å². The van der Waals surface area contributed by atoms with Crippen molar-refractivity contribution < 1.29 is 19.1 Å². The number of barbiturate groups is 1. The fourth-order valence-corrected chi connectivity index (χ4v) is 3.90. The number of urea groups is 1. The summed E-state index contributed by atoms with van der Waals surface area (Å²) in [6.45, 7) is 5.95. The number of anilines is 1. The quantitative estimate of drug-likeness (QED) is 0.390. The van der Waals surface area contributed by atoms with Crippen molar-refractivity contribution in [2.45, 2.75) is 27.4 Å². The van der Waals surface area contributed by atoms with Crippen molar-refractivity contribution in [1.82, 2.24) is 5.32 Å². The first-order valence-corrected chi connectivity index (χ1v) is 11.1. The predicted molar refractivity (Wildman–Crippen MR) is 132 cm³/mol. The highest BCUT2D eigenvalue weighted by molar-refractivity contribution is 6.39. The van der Waals surface area contributed by atoms with Gasteiger partial charge in [-0.05, 0) is 67.8 Å². The number of hydrogen-bond donors (Lipinski definition) is 1. The summed E-state index contributed by atoms with van der Waals surface area (Å²) in [5, 5.41) is 2.68. The van der Waals surface area contributed by atoms with Gasteiger partial charge in [0.05, 0.1) is 5.69 Å². The van der Waals surface area contributed by atoms with Crippen molar-refractivity contribution in [2.75, 3.05) is 4.90 Å². The minimum atomic E-state index is -0.789. The van der Waals surface area contributed by atoms with E-state index in [2.05, 4.69) is 5.32 Å². The van der Waals surface area contributed by atoms with Crippen LogP contribution in [-0.4, -0.2) is 17.8 Å². The second kappa shape index (κ2) is 9.53. The van der Waals surface area contributed by atoms with E-state index in [1.54, 1.807) is 31.2 Å². The van der Waals surface area contributed by atoms with E-state index in [1.165, 1.54) is 6.08 Å². The number of amides is 4. The zero-order chi connectivity index (χ0) is 24.4. The molecular formula is C27H23ClN2O4. The molecule has 1 aliphatic heterocycles. The molecule has 0 atom stereocenters. The molecule has 7 heteroatoms. The minimum absolute atomic E-state index is 0.192. The maximum atomic E-state index is 13.3. The van der Waals surface area contributed by atoms with Crippen LogP contribution in [0.5, 0.6) is 5.75 Å². The lowest BCUT2D eigenvalue weighted by atomic mass is 10.0. The summed E-state index contributed by atoms with van der Waals surface area (Å²) < 4.78 is 5.99. The van der Waals surface area contributed by atoms with Gasteiger partial charge in [-0.1, -0.05) is 53.6 Å². The second-order valence-corrected chi connectivity index (χ2v) is 8.64. The molecule has 1 saturated heterocycles. The first-order valence-electron chi connectivity index (χ1n) is 10.7. The monoisotopic (exact) mass is 474 g/mol. The van der Waals surface area contributed by atoms with Gasteiger partial charge in [0.1, 0.15) is 17.9 Å². The summed E-state index contributed by atoms with van der Waals surface area (Å²) in [6, 6.07) is 17.5. The molecule has 1 aliphatic rings. The third kappa shape index (κ3) is 4.87. The normalized spacial score (nSPS) is 15.0. The number of halogens is 1. The van der Waals surface area contributed by atoms with Crippen LogP contribution in [0.2, 0.25) is 5.02 Å². The summed E-state index contributed by atoms with van der Waals surface area (Å²) in [7, 11) is 0. The Balaban J connectivity index is 1.70. The van der Waals surface area contributed by atoms with E-state index >= 15 is 0 Å². The van der Waals surface area contributed by atoms with Crippen molar-refractivity contribution in [3.8, 4) is 5.75 Å². The average Bonchev–Trinajstić information content (AvgIpc) is 2.78. The number of imide groups is 2. The lowest BCUT2D eigenvalue weighted by Gasteiger charge is -2.28. The standard InChI is InChI=1S/C27H23ClN2O4/c1-16-5-4-6-19(11-16)15-34-24-10-9-21(28)13-20(24)14-22-25(31)29-27(33)30(26(22)32)23-12-17(2)7-8-18(23)3/h4-14H,15H2,1-3H3,(H,29,31,33)/b22-14+. The Hall–Kier alpha value is -3.90. The molecule has 1 N–H and O–H groups in total. The van der Waals surface area contributed by atoms with Crippen LogP contribution in [0.3, 0.4) is 0 Å². The maximum Gasteiger partial charge on any atom is 0.335 e. The Morgan fingerprint density at radius 1 is 0.941 bits per heavy atom. The van der Waals surface area contributed by atoms with Gasteiger partial charge >= 0.3 is 6.03 Å². The minimum Gasteiger partial charge on any atom is -0.488 e. The van der Waals surface area contributed by atoms with E-state index in [4.69, 9.17) is 16.3 Å². The summed E-state index contributed by atoms with van der Waals surface area (Å²) in [4.78, 5) is 39.5. The average molecular weight is 475 g/mol. The highest BCUT2D eigenvalue weighted by atomic mass is 35.5. The number of nitrogens with zero attached hydrogens (tertiary/aromatic N) is 1. The number of nitrogens with one attached hydrogen (secondary N) is 1.